The Hall–Kier alpha value is -0.120. The molecule has 1 aliphatic carbocycles. The second-order valence-corrected chi connectivity index (χ2v) is 1.50. The number of rotatable bonds is 0. The molecule has 0 aromatic carbocycles. The Labute approximate surface area is 42.4 Å². The first-order chi connectivity index (χ1) is 3.41. The van der Waals surface area contributed by atoms with E-state index in [1.807, 2.05) is 0 Å². The van der Waals surface area contributed by atoms with Gasteiger partial charge in [-0.05, 0) is 0 Å². The Morgan fingerprint density at radius 3 is 1.00 bits per heavy atom. The maximum absolute atomic E-state index is 6.62. The van der Waals surface area contributed by atoms with Gasteiger partial charge in [-0.25, -0.2) is 10.5 Å². The Morgan fingerprint density at radius 2 is 1.00 bits per heavy atom. The SMILES string of the molecule is C1CCC1.OOO. The van der Waals surface area contributed by atoms with Gasteiger partial charge in [-0.2, -0.15) is 0 Å². The fourth-order valence-corrected chi connectivity index (χ4v) is 0.250. The lowest BCUT2D eigenvalue weighted by molar-refractivity contribution is -0.465. The van der Waals surface area contributed by atoms with Crippen molar-refractivity contribution >= 4 is 0 Å². The highest BCUT2D eigenvalue weighted by molar-refractivity contribution is 4.50. The predicted octanol–water partition coefficient (Wildman–Crippen LogP) is 1.51. The molecule has 0 bridgehead atoms. The van der Waals surface area contributed by atoms with E-state index in [0.29, 0.717) is 0 Å². The molecule has 2 N–H and O–H groups in total. The molecule has 0 aromatic heterocycles. The maximum Gasteiger partial charge on any atom is -0.0533 e. The molecule has 0 amide bonds. The summed E-state index contributed by atoms with van der Waals surface area (Å²) in [6, 6.07) is 0. The predicted molar refractivity (Wildman–Crippen MR) is 24.8 cm³/mol. The molecule has 1 aliphatic rings. The Morgan fingerprint density at radius 1 is 0.857 bits per heavy atom. The van der Waals surface area contributed by atoms with E-state index >= 15 is 0 Å². The Kier molecular flexibility index (Phi) is 5.78. The molecule has 0 aliphatic heterocycles. The van der Waals surface area contributed by atoms with Crippen molar-refractivity contribution in [3.05, 3.63) is 0 Å². The summed E-state index contributed by atoms with van der Waals surface area (Å²) >= 11 is 0. The van der Waals surface area contributed by atoms with Gasteiger partial charge in [0, 0.05) is 0 Å². The van der Waals surface area contributed by atoms with Crippen molar-refractivity contribution in [2.75, 3.05) is 0 Å². The van der Waals surface area contributed by atoms with E-state index in [4.69, 9.17) is 10.5 Å². The summed E-state index contributed by atoms with van der Waals surface area (Å²) in [6.45, 7) is 0. The normalized spacial score (nSPS) is 16.3. The molecule has 44 valence electrons. The zero-order chi connectivity index (χ0) is 5.54. The van der Waals surface area contributed by atoms with E-state index in [2.05, 4.69) is 5.04 Å². The van der Waals surface area contributed by atoms with Gasteiger partial charge < -0.3 is 0 Å². The lowest BCUT2D eigenvalue weighted by Gasteiger charge is -2.05. The average molecular weight is 106 g/mol. The summed E-state index contributed by atoms with van der Waals surface area (Å²) in [6.07, 6.45) is 6.00. The molecular formula is C4H10O3. The highest BCUT2D eigenvalue weighted by Gasteiger charge is 1.95. The van der Waals surface area contributed by atoms with Gasteiger partial charge in [0.25, 0.3) is 0 Å². The van der Waals surface area contributed by atoms with Crippen LogP contribution in [-0.4, -0.2) is 10.5 Å². The zero-order valence-electron chi connectivity index (χ0n) is 4.13. The second kappa shape index (κ2) is 5.88. The topological polar surface area (TPSA) is 49.7 Å². The van der Waals surface area contributed by atoms with Crippen LogP contribution in [0.4, 0.5) is 0 Å². The molecule has 7 heavy (non-hydrogen) atoms. The molecule has 3 heteroatoms. The fraction of sp³-hybridized carbons (Fsp3) is 1.00. The molecule has 3 nitrogen and oxygen atoms in total. The highest BCUT2D eigenvalue weighted by Crippen LogP contribution is 2.15. The van der Waals surface area contributed by atoms with Gasteiger partial charge in [-0.15, -0.1) is 0 Å². The molecule has 0 radical (unpaired) electrons. The highest BCUT2D eigenvalue weighted by atomic mass is 17.4. The van der Waals surface area contributed by atoms with Crippen molar-refractivity contribution in [1.29, 1.82) is 0 Å². The van der Waals surface area contributed by atoms with Gasteiger partial charge >= 0.3 is 0 Å². The van der Waals surface area contributed by atoms with Crippen LogP contribution < -0.4 is 0 Å². The Bertz CT molecular complexity index is 22.1. The average Bonchev–Trinajstić information content (AvgIpc) is 1.27. The van der Waals surface area contributed by atoms with Crippen LogP contribution in [0, 0.1) is 0 Å². The molecule has 0 atom stereocenters. The van der Waals surface area contributed by atoms with E-state index in [1.54, 1.807) is 0 Å². The third-order valence-corrected chi connectivity index (χ3v) is 1.000. The summed E-state index contributed by atoms with van der Waals surface area (Å²) < 4.78 is 0. The Balaban J connectivity index is 0.000000110. The van der Waals surface area contributed by atoms with Crippen LogP contribution in [0.2, 0.25) is 0 Å². The molecule has 0 heterocycles. The number of hydrogen-bond acceptors (Lipinski definition) is 3. The first-order valence-corrected chi connectivity index (χ1v) is 2.37. The molecule has 0 aromatic rings. The van der Waals surface area contributed by atoms with Crippen molar-refractivity contribution in [3.63, 3.8) is 0 Å². The smallest absolute Gasteiger partial charge is 0.0533 e. The van der Waals surface area contributed by atoms with Crippen LogP contribution in [-0.2, 0) is 5.04 Å². The minimum Gasteiger partial charge on any atom is -0.221 e. The fourth-order valence-electron chi connectivity index (χ4n) is 0.250. The van der Waals surface area contributed by atoms with Gasteiger partial charge in [0.15, 0.2) is 0 Å². The molecular weight excluding hydrogens is 96.0 g/mol. The second-order valence-electron chi connectivity index (χ2n) is 1.50. The van der Waals surface area contributed by atoms with Crippen LogP contribution in [0.3, 0.4) is 0 Å². The van der Waals surface area contributed by atoms with Gasteiger partial charge in [-0.3, -0.25) is 0 Å². The standard InChI is InChI=1S/C4H8.H2O3/c1-2-4-3-1;1-3-2/h1-4H2;1-2H. The summed E-state index contributed by atoms with van der Waals surface area (Å²) in [5.41, 5.74) is 0. The summed E-state index contributed by atoms with van der Waals surface area (Å²) in [5.74, 6) is 0. The lowest BCUT2D eigenvalue weighted by atomic mass is 10.0. The van der Waals surface area contributed by atoms with Gasteiger partial charge in [0.1, 0.15) is 0 Å². The van der Waals surface area contributed by atoms with Crippen molar-refractivity contribution in [3.8, 4) is 0 Å². The van der Waals surface area contributed by atoms with Crippen LogP contribution >= 0.6 is 0 Å². The van der Waals surface area contributed by atoms with Crippen molar-refractivity contribution in [2.45, 2.75) is 25.7 Å². The summed E-state index contributed by atoms with van der Waals surface area (Å²) in [7, 11) is 0. The van der Waals surface area contributed by atoms with Crippen LogP contribution in [0.5, 0.6) is 0 Å². The van der Waals surface area contributed by atoms with Crippen LogP contribution in [0.25, 0.3) is 0 Å². The zero-order valence-corrected chi connectivity index (χ0v) is 4.13. The molecule has 0 unspecified atom stereocenters. The van der Waals surface area contributed by atoms with E-state index in [1.165, 1.54) is 25.7 Å². The van der Waals surface area contributed by atoms with E-state index in [-0.39, 0.29) is 0 Å². The first-order valence-electron chi connectivity index (χ1n) is 2.37. The maximum atomic E-state index is 6.62. The van der Waals surface area contributed by atoms with Crippen molar-refractivity contribution < 1.29 is 15.6 Å². The molecule has 0 saturated heterocycles. The van der Waals surface area contributed by atoms with Gasteiger partial charge in [-0.1, -0.05) is 30.7 Å². The largest absolute Gasteiger partial charge is 0.221 e. The van der Waals surface area contributed by atoms with Crippen LogP contribution in [0.1, 0.15) is 25.7 Å². The minimum atomic E-state index is 1.50. The number of hydrogen-bond donors (Lipinski definition) is 2. The van der Waals surface area contributed by atoms with Crippen molar-refractivity contribution in [1.82, 2.24) is 0 Å². The summed E-state index contributed by atoms with van der Waals surface area (Å²) in [5, 5.41) is 15.5. The van der Waals surface area contributed by atoms with Gasteiger partial charge in [0.2, 0.25) is 0 Å². The quantitative estimate of drug-likeness (QED) is 0.363. The third-order valence-electron chi connectivity index (χ3n) is 1.000. The van der Waals surface area contributed by atoms with Crippen LogP contribution in [0.15, 0.2) is 0 Å². The van der Waals surface area contributed by atoms with E-state index in [0.717, 1.165) is 0 Å². The van der Waals surface area contributed by atoms with Crippen molar-refractivity contribution in [2.24, 2.45) is 0 Å². The van der Waals surface area contributed by atoms with E-state index in [9.17, 15) is 0 Å². The molecule has 1 fully saturated rings. The molecule has 1 rings (SSSR count). The minimum absolute atomic E-state index is 1.50. The first kappa shape index (κ1) is 6.88. The third kappa shape index (κ3) is 5.88. The molecule has 0 spiro atoms. The lowest BCUT2D eigenvalue weighted by Crippen LogP contribution is -1.85. The molecule has 1 saturated carbocycles. The van der Waals surface area contributed by atoms with Gasteiger partial charge in [0.05, 0.1) is 0 Å². The van der Waals surface area contributed by atoms with E-state index < -0.39 is 0 Å². The monoisotopic (exact) mass is 106 g/mol. The summed E-state index contributed by atoms with van der Waals surface area (Å²) in [4.78, 5) is 0.